The van der Waals surface area contributed by atoms with E-state index in [1.807, 2.05) is 6.92 Å². The Hall–Kier alpha value is -1.56. The van der Waals surface area contributed by atoms with Crippen LogP contribution in [0.1, 0.15) is 35.7 Å². The smallest absolute Gasteiger partial charge is 0.330 e. The Labute approximate surface area is 122 Å². The number of hydrogen-bond acceptors (Lipinski definition) is 2. The molecular formula is C15H21F3N2O. The molecule has 0 saturated heterocycles. The maximum absolute atomic E-state index is 12.6. The maximum Gasteiger partial charge on any atom is 0.406 e. The van der Waals surface area contributed by atoms with Crippen LogP contribution < -0.4 is 5.73 Å². The molecule has 1 rings (SSSR count). The monoisotopic (exact) mass is 302 g/mol. The van der Waals surface area contributed by atoms with E-state index < -0.39 is 18.6 Å². The first-order chi connectivity index (χ1) is 9.89. The molecule has 0 aliphatic heterocycles. The molecule has 0 heterocycles. The summed E-state index contributed by atoms with van der Waals surface area (Å²) in [5, 5.41) is 0. The van der Waals surface area contributed by atoms with E-state index in [1.165, 1.54) is 0 Å². The van der Waals surface area contributed by atoms with E-state index in [9.17, 15) is 18.0 Å². The second-order valence-corrected chi connectivity index (χ2v) is 4.89. The standard InChI is InChI=1S/C15H21F3N2O/c1-2-3-10-20(11-15(16,17)18)14(21)13-7-5-4-6-12(13)8-9-19/h4-7H,2-3,8-11,19H2,1H3. The van der Waals surface area contributed by atoms with Gasteiger partial charge in [0.25, 0.3) is 5.91 Å². The number of amides is 1. The first kappa shape index (κ1) is 17.5. The molecule has 1 aromatic carbocycles. The topological polar surface area (TPSA) is 46.3 Å². The van der Waals surface area contributed by atoms with E-state index in [4.69, 9.17) is 5.73 Å². The van der Waals surface area contributed by atoms with Gasteiger partial charge in [-0.25, -0.2) is 0 Å². The summed E-state index contributed by atoms with van der Waals surface area (Å²) in [7, 11) is 0. The van der Waals surface area contributed by atoms with Crippen molar-refractivity contribution in [3.05, 3.63) is 35.4 Å². The summed E-state index contributed by atoms with van der Waals surface area (Å²) in [6.07, 6.45) is -2.66. The molecule has 118 valence electrons. The Balaban J connectivity index is 2.98. The summed E-state index contributed by atoms with van der Waals surface area (Å²) in [5.41, 5.74) is 6.48. The summed E-state index contributed by atoms with van der Waals surface area (Å²) in [6, 6.07) is 6.69. The molecule has 0 aliphatic carbocycles. The van der Waals surface area contributed by atoms with Gasteiger partial charge in [-0.1, -0.05) is 31.5 Å². The lowest BCUT2D eigenvalue weighted by Crippen LogP contribution is -2.40. The number of nitrogens with zero attached hydrogens (tertiary/aromatic N) is 1. The lowest BCUT2D eigenvalue weighted by molar-refractivity contribution is -0.140. The number of nitrogens with two attached hydrogens (primary N) is 1. The quantitative estimate of drug-likeness (QED) is 0.841. The van der Waals surface area contributed by atoms with Gasteiger partial charge in [-0.3, -0.25) is 4.79 Å². The normalized spacial score (nSPS) is 11.5. The molecular weight excluding hydrogens is 281 g/mol. The van der Waals surface area contributed by atoms with Gasteiger partial charge in [0.05, 0.1) is 0 Å². The molecule has 21 heavy (non-hydrogen) atoms. The minimum absolute atomic E-state index is 0.103. The third-order valence-electron chi connectivity index (χ3n) is 3.10. The molecule has 0 spiro atoms. The van der Waals surface area contributed by atoms with E-state index in [-0.39, 0.29) is 6.54 Å². The minimum Gasteiger partial charge on any atom is -0.330 e. The SMILES string of the molecule is CCCCN(CC(F)(F)F)C(=O)c1ccccc1CCN. The third kappa shape index (κ3) is 5.75. The van der Waals surface area contributed by atoms with Gasteiger partial charge < -0.3 is 10.6 Å². The van der Waals surface area contributed by atoms with Crippen molar-refractivity contribution in [2.75, 3.05) is 19.6 Å². The highest BCUT2D eigenvalue weighted by atomic mass is 19.4. The number of carbonyl (C=O) groups is 1. The first-order valence-electron chi connectivity index (χ1n) is 7.03. The van der Waals surface area contributed by atoms with Crippen molar-refractivity contribution in [3.8, 4) is 0 Å². The van der Waals surface area contributed by atoms with Crippen LogP contribution in [0.15, 0.2) is 24.3 Å². The second kappa shape index (κ2) is 8.02. The zero-order valence-corrected chi connectivity index (χ0v) is 12.1. The van der Waals surface area contributed by atoms with Crippen LogP contribution in [0.4, 0.5) is 13.2 Å². The largest absolute Gasteiger partial charge is 0.406 e. The van der Waals surface area contributed by atoms with Gasteiger partial charge in [0.1, 0.15) is 6.54 Å². The van der Waals surface area contributed by atoms with Crippen molar-refractivity contribution in [1.29, 1.82) is 0 Å². The van der Waals surface area contributed by atoms with Gasteiger partial charge >= 0.3 is 6.18 Å². The molecule has 6 heteroatoms. The van der Waals surface area contributed by atoms with Crippen LogP contribution in [0.25, 0.3) is 0 Å². The predicted molar refractivity (Wildman–Crippen MR) is 76.1 cm³/mol. The Morgan fingerprint density at radius 1 is 1.29 bits per heavy atom. The van der Waals surface area contributed by atoms with Gasteiger partial charge in [-0.15, -0.1) is 0 Å². The molecule has 0 atom stereocenters. The molecule has 0 radical (unpaired) electrons. The molecule has 0 aliphatic rings. The van der Waals surface area contributed by atoms with Crippen molar-refractivity contribution >= 4 is 5.91 Å². The Bertz CT molecular complexity index is 460. The van der Waals surface area contributed by atoms with Gasteiger partial charge in [-0.2, -0.15) is 13.2 Å². The second-order valence-electron chi connectivity index (χ2n) is 4.89. The molecule has 3 nitrogen and oxygen atoms in total. The van der Waals surface area contributed by atoms with E-state index in [0.29, 0.717) is 30.5 Å². The van der Waals surface area contributed by atoms with Crippen LogP contribution in [-0.2, 0) is 6.42 Å². The summed E-state index contributed by atoms with van der Waals surface area (Å²) in [5.74, 6) is -0.579. The van der Waals surface area contributed by atoms with Crippen molar-refractivity contribution in [3.63, 3.8) is 0 Å². The van der Waals surface area contributed by atoms with Gasteiger partial charge in [0.2, 0.25) is 0 Å². The van der Waals surface area contributed by atoms with Crippen LogP contribution in [0.5, 0.6) is 0 Å². The highest BCUT2D eigenvalue weighted by molar-refractivity contribution is 5.95. The molecule has 1 aromatic rings. The van der Waals surface area contributed by atoms with Gasteiger partial charge in [0, 0.05) is 12.1 Å². The summed E-state index contributed by atoms with van der Waals surface area (Å²) in [6.45, 7) is 1.10. The molecule has 1 amide bonds. The lowest BCUT2D eigenvalue weighted by atomic mass is 10.0. The highest BCUT2D eigenvalue weighted by Crippen LogP contribution is 2.20. The number of halogens is 3. The summed E-state index contributed by atoms with van der Waals surface area (Å²) in [4.78, 5) is 13.3. The highest BCUT2D eigenvalue weighted by Gasteiger charge is 2.33. The van der Waals surface area contributed by atoms with E-state index in [2.05, 4.69) is 0 Å². The molecule has 0 bridgehead atoms. The number of hydrogen-bond donors (Lipinski definition) is 1. The van der Waals surface area contributed by atoms with Crippen molar-refractivity contribution < 1.29 is 18.0 Å². The zero-order chi connectivity index (χ0) is 15.9. The molecule has 0 aromatic heterocycles. The number of alkyl halides is 3. The molecule has 0 saturated carbocycles. The number of carbonyl (C=O) groups excluding carboxylic acids is 1. The van der Waals surface area contributed by atoms with Gasteiger partial charge in [-0.05, 0) is 31.0 Å². The van der Waals surface area contributed by atoms with Crippen molar-refractivity contribution in [1.82, 2.24) is 4.90 Å². The minimum atomic E-state index is -4.40. The van der Waals surface area contributed by atoms with Crippen LogP contribution in [0, 0.1) is 0 Å². The van der Waals surface area contributed by atoms with Crippen molar-refractivity contribution in [2.24, 2.45) is 5.73 Å². The van der Waals surface area contributed by atoms with Crippen LogP contribution in [-0.4, -0.2) is 36.6 Å². The van der Waals surface area contributed by atoms with Crippen LogP contribution >= 0.6 is 0 Å². The number of unbranched alkanes of at least 4 members (excludes halogenated alkanes) is 1. The van der Waals surface area contributed by atoms with E-state index in [1.54, 1.807) is 24.3 Å². The predicted octanol–water partition coefficient (Wildman–Crippen LogP) is 2.99. The number of rotatable bonds is 7. The van der Waals surface area contributed by atoms with E-state index >= 15 is 0 Å². The summed E-state index contributed by atoms with van der Waals surface area (Å²) >= 11 is 0. The fraction of sp³-hybridized carbons (Fsp3) is 0.533. The van der Waals surface area contributed by atoms with E-state index in [0.717, 1.165) is 11.3 Å². The Kier molecular flexibility index (Phi) is 6.68. The number of benzene rings is 1. The third-order valence-corrected chi connectivity index (χ3v) is 3.10. The first-order valence-corrected chi connectivity index (χ1v) is 7.03. The fourth-order valence-corrected chi connectivity index (χ4v) is 2.09. The molecule has 2 N–H and O–H groups in total. The average Bonchev–Trinajstić information content (AvgIpc) is 2.42. The lowest BCUT2D eigenvalue weighted by Gasteiger charge is -2.25. The molecule has 0 fully saturated rings. The fourth-order valence-electron chi connectivity index (χ4n) is 2.09. The zero-order valence-electron chi connectivity index (χ0n) is 12.1. The maximum atomic E-state index is 12.6. The van der Waals surface area contributed by atoms with Crippen LogP contribution in [0.3, 0.4) is 0 Å². The average molecular weight is 302 g/mol. The van der Waals surface area contributed by atoms with Crippen molar-refractivity contribution in [2.45, 2.75) is 32.4 Å². The Morgan fingerprint density at radius 3 is 2.52 bits per heavy atom. The van der Waals surface area contributed by atoms with Gasteiger partial charge in [0.15, 0.2) is 0 Å². The molecule has 0 unspecified atom stereocenters. The Morgan fingerprint density at radius 2 is 1.95 bits per heavy atom. The van der Waals surface area contributed by atoms with Crippen LogP contribution in [0.2, 0.25) is 0 Å². The summed E-state index contributed by atoms with van der Waals surface area (Å²) < 4.78 is 37.9.